The zero-order valence-corrected chi connectivity index (χ0v) is 8.65. The highest BCUT2D eigenvalue weighted by Crippen LogP contribution is 2.30. The maximum absolute atomic E-state index is 5.48. The molecule has 2 aromatic rings. The number of nitrogen functional groups attached to an aromatic ring is 1. The van der Waals surface area contributed by atoms with Crippen LogP contribution in [0.25, 0.3) is 11.3 Å². The first-order chi connectivity index (χ1) is 7.20. The molecule has 0 aliphatic heterocycles. The molecular formula is C11H12N2O2. The number of rotatable bonds is 2. The molecule has 0 aliphatic rings. The molecule has 4 nitrogen and oxygen atoms in total. The van der Waals surface area contributed by atoms with Gasteiger partial charge in [-0.15, -0.1) is 0 Å². The van der Waals surface area contributed by atoms with Crippen molar-refractivity contribution >= 4 is 5.88 Å². The first-order valence-corrected chi connectivity index (χ1v) is 4.58. The topological polar surface area (TPSA) is 61.3 Å². The summed E-state index contributed by atoms with van der Waals surface area (Å²) >= 11 is 0. The van der Waals surface area contributed by atoms with E-state index in [1.54, 1.807) is 13.2 Å². The van der Waals surface area contributed by atoms with Crippen molar-refractivity contribution in [3.63, 3.8) is 0 Å². The summed E-state index contributed by atoms with van der Waals surface area (Å²) in [4.78, 5) is 0. The van der Waals surface area contributed by atoms with Gasteiger partial charge in [0.1, 0.15) is 11.4 Å². The molecule has 0 saturated carbocycles. The summed E-state index contributed by atoms with van der Waals surface area (Å²) in [6.45, 7) is 2.01. The van der Waals surface area contributed by atoms with Gasteiger partial charge in [0.2, 0.25) is 5.88 Å². The number of nitrogens with two attached hydrogens (primary N) is 1. The van der Waals surface area contributed by atoms with Crippen molar-refractivity contribution in [2.45, 2.75) is 6.92 Å². The zero-order chi connectivity index (χ0) is 10.8. The van der Waals surface area contributed by atoms with E-state index in [-0.39, 0.29) is 0 Å². The Morgan fingerprint density at radius 2 is 2.13 bits per heavy atom. The monoisotopic (exact) mass is 204 g/mol. The lowest BCUT2D eigenvalue weighted by molar-refractivity contribution is 0.414. The third kappa shape index (κ3) is 1.79. The van der Waals surface area contributed by atoms with Gasteiger partial charge in [-0.05, 0) is 19.1 Å². The average molecular weight is 204 g/mol. The first kappa shape index (κ1) is 9.58. The van der Waals surface area contributed by atoms with Gasteiger partial charge in [0.05, 0.1) is 7.11 Å². The number of hydrogen-bond acceptors (Lipinski definition) is 4. The zero-order valence-electron chi connectivity index (χ0n) is 8.65. The quantitative estimate of drug-likeness (QED) is 0.814. The molecule has 0 radical (unpaired) electrons. The highest BCUT2D eigenvalue weighted by atomic mass is 16.5. The van der Waals surface area contributed by atoms with E-state index in [0.717, 1.165) is 16.9 Å². The molecule has 1 aromatic heterocycles. The predicted octanol–water partition coefficient (Wildman–Crippen LogP) is 2.24. The fourth-order valence-corrected chi connectivity index (χ4v) is 1.44. The Morgan fingerprint density at radius 1 is 1.33 bits per heavy atom. The van der Waals surface area contributed by atoms with E-state index in [1.165, 1.54) is 0 Å². The van der Waals surface area contributed by atoms with Gasteiger partial charge < -0.3 is 15.0 Å². The Bertz CT molecular complexity index is 477. The molecule has 0 saturated heterocycles. The fraction of sp³-hybridized carbons (Fsp3) is 0.182. The van der Waals surface area contributed by atoms with E-state index in [2.05, 4.69) is 5.16 Å². The summed E-state index contributed by atoms with van der Waals surface area (Å²) in [7, 11) is 1.62. The Hall–Kier alpha value is -1.97. The van der Waals surface area contributed by atoms with E-state index in [4.69, 9.17) is 15.0 Å². The van der Waals surface area contributed by atoms with Crippen molar-refractivity contribution < 1.29 is 9.26 Å². The highest BCUT2D eigenvalue weighted by Gasteiger charge is 2.10. The largest absolute Gasteiger partial charge is 0.496 e. The SMILES string of the molecule is COc1ccc(C)cc1-c1cc(N)on1. The fourth-order valence-electron chi connectivity index (χ4n) is 1.44. The van der Waals surface area contributed by atoms with Crippen LogP contribution >= 0.6 is 0 Å². The third-order valence-corrected chi connectivity index (χ3v) is 2.16. The van der Waals surface area contributed by atoms with E-state index < -0.39 is 0 Å². The predicted molar refractivity (Wildman–Crippen MR) is 57.6 cm³/mol. The van der Waals surface area contributed by atoms with Crippen molar-refractivity contribution in [2.24, 2.45) is 0 Å². The summed E-state index contributed by atoms with van der Waals surface area (Å²) < 4.78 is 10.1. The van der Waals surface area contributed by atoms with Gasteiger partial charge >= 0.3 is 0 Å². The van der Waals surface area contributed by atoms with Crippen LogP contribution in [0.2, 0.25) is 0 Å². The molecule has 15 heavy (non-hydrogen) atoms. The molecule has 2 N–H and O–H groups in total. The molecule has 0 atom stereocenters. The number of aryl methyl sites for hydroxylation is 1. The smallest absolute Gasteiger partial charge is 0.222 e. The molecule has 4 heteroatoms. The van der Waals surface area contributed by atoms with Crippen LogP contribution in [0.4, 0.5) is 5.88 Å². The molecule has 78 valence electrons. The van der Waals surface area contributed by atoms with Crippen LogP contribution in [0, 0.1) is 6.92 Å². The number of aromatic nitrogens is 1. The minimum absolute atomic E-state index is 0.300. The number of anilines is 1. The molecule has 0 fully saturated rings. The maximum atomic E-state index is 5.48. The van der Waals surface area contributed by atoms with Crippen LogP contribution in [-0.4, -0.2) is 12.3 Å². The summed E-state index contributed by atoms with van der Waals surface area (Å²) in [5, 5.41) is 3.86. The lowest BCUT2D eigenvalue weighted by Gasteiger charge is -2.06. The molecule has 1 aromatic carbocycles. The average Bonchev–Trinajstić information content (AvgIpc) is 2.65. The molecule has 0 spiro atoms. The first-order valence-electron chi connectivity index (χ1n) is 4.58. The van der Waals surface area contributed by atoms with E-state index in [9.17, 15) is 0 Å². The van der Waals surface area contributed by atoms with Gasteiger partial charge in [0.25, 0.3) is 0 Å². The summed E-state index contributed by atoms with van der Waals surface area (Å²) in [5.74, 6) is 1.06. The van der Waals surface area contributed by atoms with Gasteiger partial charge in [-0.3, -0.25) is 0 Å². The minimum atomic E-state index is 0.300. The summed E-state index contributed by atoms with van der Waals surface area (Å²) in [5.41, 5.74) is 8.18. The minimum Gasteiger partial charge on any atom is -0.496 e. The Labute approximate surface area is 87.6 Å². The van der Waals surface area contributed by atoms with Crippen LogP contribution in [0.5, 0.6) is 5.75 Å². The van der Waals surface area contributed by atoms with Gasteiger partial charge in [0, 0.05) is 11.6 Å². The van der Waals surface area contributed by atoms with Crippen molar-refractivity contribution in [2.75, 3.05) is 12.8 Å². The van der Waals surface area contributed by atoms with Gasteiger partial charge in [0.15, 0.2) is 0 Å². The van der Waals surface area contributed by atoms with E-state index >= 15 is 0 Å². The Balaban J connectivity index is 2.55. The highest BCUT2D eigenvalue weighted by molar-refractivity contribution is 5.69. The second kappa shape index (κ2) is 3.65. The number of nitrogens with zero attached hydrogens (tertiary/aromatic N) is 1. The van der Waals surface area contributed by atoms with Crippen LogP contribution in [0.15, 0.2) is 28.8 Å². The van der Waals surface area contributed by atoms with Crippen molar-refractivity contribution in [3.05, 3.63) is 29.8 Å². The molecule has 0 unspecified atom stereocenters. The van der Waals surface area contributed by atoms with E-state index in [0.29, 0.717) is 11.6 Å². The van der Waals surface area contributed by atoms with Crippen LogP contribution in [0.1, 0.15) is 5.56 Å². The van der Waals surface area contributed by atoms with Gasteiger partial charge in [-0.25, -0.2) is 0 Å². The van der Waals surface area contributed by atoms with Crippen molar-refractivity contribution in [1.29, 1.82) is 0 Å². The maximum Gasteiger partial charge on any atom is 0.222 e. The Kier molecular flexibility index (Phi) is 2.33. The Morgan fingerprint density at radius 3 is 2.73 bits per heavy atom. The second-order valence-corrected chi connectivity index (χ2v) is 3.32. The molecule has 2 rings (SSSR count). The lowest BCUT2D eigenvalue weighted by Crippen LogP contribution is -1.88. The van der Waals surface area contributed by atoms with Crippen molar-refractivity contribution in [1.82, 2.24) is 5.16 Å². The summed E-state index contributed by atoms with van der Waals surface area (Å²) in [6.07, 6.45) is 0. The molecule has 0 amide bonds. The molecule has 1 heterocycles. The number of benzene rings is 1. The van der Waals surface area contributed by atoms with Crippen LogP contribution in [0.3, 0.4) is 0 Å². The second-order valence-electron chi connectivity index (χ2n) is 3.32. The number of ether oxygens (including phenoxy) is 1. The standard InChI is InChI=1S/C11H12N2O2/c1-7-3-4-10(14-2)8(5-7)9-6-11(12)15-13-9/h3-6H,12H2,1-2H3. The molecule has 0 aliphatic carbocycles. The summed E-state index contributed by atoms with van der Waals surface area (Å²) in [6, 6.07) is 7.54. The van der Waals surface area contributed by atoms with Crippen LogP contribution in [-0.2, 0) is 0 Å². The van der Waals surface area contributed by atoms with Gasteiger partial charge in [-0.1, -0.05) is 16.8 Å². The normalized spacial score (nSPS) is 10.3. The lowest BCUT2D eigenvalue weighted by atomic mass is 10.1. The number of hydrogen-bond donors (Lipinski definition) is 1. The molecular weight excluding hydrogens is 192 g/mol. The van der Waals surface area contributed by atoms with Gasteiger partial charge in [-0.2, -0.15) is 0 Å². The third-order valence-electron chi connectivity index (χ3n) is 2.16. The molecule has 0 bridgehead atoms. The van der Waals surface area contributed by atoms with Crippen molar-refractivity contribution in [3.8, 4) is 17.0 Å². The van der Waals surface area contributed by atoms with E-state index in [1.807, 2.05) is 25.1 Å². The number of methoxy groups -OCH3 is 1. The van der Waals surface area contributed by atoms with Crippen LogP contribution < -0.4 is 10.5 Å².